The molecule has 0 radical (unpaired) electrons. The first-order chi connectivity index (χ1) is 9.16. The molecule has 0 atom stereocenters. The lowest BCUT2D eigenvalue weighted by Gasteiger charge is -2.14. The monoisotopic (exact) mass is 261 g/mol. The Hall–Kier alpha value is -1.88. The van der Waals surface area contributed by atoms with E-state index in [0.29, 0.717) is 5.69 Å². The normalized spacial score (nSPS) is 14.9. The van der Waals surface area contributed by atoms with Gasteiger partial charge < -0.3 is 10.6 Å². The lowest BCUT2D eigenvalue weighted by molar-refractivity contribution is -0.384. The Labute approximate surface area is 112 Å². The molecule has 1 aliphatic heterocycles. The number of rotatable bonds is 5. The molecule has 2 N–H and O–H groups in total. The SMILES string of the molecule is Cc1ccc([N+](=O)[O-])c(NCCC2=CCNCC2)c1. The third kappa shape index (κ3) is 3.79. The second kappa shape index (κ2) is 6.33. The van der Waals surface area contributed by atoms with Gasteiger partial charge in [0.1, 0.15) is 5.69 Å². The van der Waals surface area contributed by atoms with Crippen LogP contribution in [0, 0.1) is 17.0 Å². The average Bonchev–Trinajstić information content (AvgIpc) is 2.39. The highest BCUT2D eigenvalue weighted by molar-refractivity contribution is 5.62. The Bertz CT molecular complexity index is 497. The van der Waals surface area contributed by atoms with Gasteiger partial charge in [-0.15, -0.1) is 0 Å². The molecular formula is C14H19N3O2. The van der Waals surface area contributed by atoms with Crippen molar-refractivity contribution < 1.29 is 4.92 Å². The van der Waals surface area contributed by atoms with Crippen molar-refractivity contribution in [1.82, 2.24) is 5.32 Å². The second-order valence-corrected chi connectivity index (χ2v) is 4.77. The molecule has 0 amide bonds. The Morgan fingerprint density at radius 2 is 2.32 bits per heavy atom. The lowest BCUT2D eigenvalue weighted by Crippen LogP contribution is -2.21. The van der Waals surface area contributed by atoms with E-state index in [1.54, 1.807) is 12.1 Å². The molecule has 0 bridgehead atoms. The predicted octanol–water partition coefficient (Wildman–Crippen LogP) is 2.62. The molecule has 19 heavy (non-hydrogen) atoms. The highest BCUT2D eigenvalue weighted by atomic mass is 16.6. The van der Waals surface area contributed by atoms with Crippen LogP contribution in [0.1, 0.15) is 18.4 Å². The number of nitrogens with zero attached hydrogens (tertiary/aromatic N) is 1. The minimum atomic E-state index is -0.342. The zero-order valence-electron chi connectivity index (χ0n) is 11.1. The van der Waals surface area contributed by atoms with Crippen molar-refractivity contribution in [2.75, 3.05) is 25.0 Å². The first-order valence-corrected chi connectivity index (χ1v) is 6.54. The smallest absolute Gasteiger partial charge is 0.292 e. The molecule has 0 unspecified atom stereocenters. The number of anilines is 1. The van der Waals surface area contributed by atoms with Crippen LogP contribution < -0.4 is 10.6 Å². The van der Waals surface area contributed by atoms with Crippen LogP contribution in [0.3, 0.4) is 0 Å². The molecule has 5 nitrogen and oxygen atoms in total. The van der Waals surface area contributed by atoms with E-state index in [1.165, 1.54) is 5.57 Å². The zero-order valence-corrected chi connectivity index (χ0v) is 11.1. The number of nitro groups is 1. The molecule has 5 heteroatoms. The first-order valence-electron chi connectivity index (χ1n) is 6.54. The molecule has 0 fully saturated rings. The van der Waals surface area contributed by atoms with Gasteiger partial charge in [-0.05, 0) is 37.9 Å². The molecule has 0 aliphatic carbocycles. The fourth-order valence-electron chi connectivity index (χ4n) is 2.21. The van der Waals surface area contributed by atoms with E-state index in [0.717, 1.165) is 38.0 Å². The molecule has 1 aromatic carbocycles. The van der Waals surface area contributed by atoms with E-state index in [1.807, 2.05) is 13.0 Å². The molecule has 0 saturated heterocycles. The van der Waals surface area contributed by atoms with Gasteiger partial charge in [-0.2, -0.15) is 0 Å². The quantitative estimate of drug-likeness (QED) is 0.486. The van der Waals surface area contributed by atoms with Gasteiger partial charge in [0.15, 0.2) is 0 Å². The van der Waals surface area contributed by atoms with E-state index in [2.05, 4.69) is 16.7 Å². The summed E-state index contributed by atoms with van der Waals surface area (Å²) in [5, 5.41) is 17.4. The Kier molecular flexibility index (Phi) is 4.52. The average molecular weight is 261 g/mol. The topological polar surface area (TPSA) is 67.2 Å². The standard InChI is InChI=1S/C14H19N3O2/c1-11-2-3-14(17(18)19)13(10-11)16-9-6-12-4-7-15-8-5-12/h2-4,10,15-16H,5-9H2,1H3. The van der Waals surface area contributed by atoms with Gasteiger partial charge in [-0.1, -0.05) is 17.7 Å². The number of benzene rings is 1. The van der Waals surface area contributed by atoms with E-state index >= 15 is 0 Å². The van der Waals surface area contributed by atoms with Gasteiger partial charge in [0.25, 0.3) is 5.69 Å². The molecule has 2 rings (SSSR count). The van der Waals surface area contributed by atoms with Crippen LogP contribution in [0.5, 0.6) is 0 Å². The highest BCUT2D eigenvalue weighted by Gasteiger charge is 2.13. The van der Waals surface area contributed by atoms with E-state index in [4.69, 9.17) is 0 Å². The zero-order chi connectivity index (χ0) is 13.7. The summed E-state index contributed by atoms with van der Waals surface area (Å²) in [5.74, 6) is 0. The van der Waals surface area contributed by atoms with Crippen molar-refractivity contribution in [3.8, 4) is 0 Å². The number of nitrogens with one attached hydrogen (secondary N) is 2. The van der Waals surface area contributed by atoms with E-state index in [-0.39, 0.29) is 10.6 Å². The van der Waals surface area contributed by atoms with Gasteiger partial charge in [-0.25, -0.2) is 0 Å². The molecule has 102 valence electrons. The van der Waals surface area contributed by atoms with Crippen molar-refractivity contribution in [2.24, 2.45) is 0 Å². The maximum atomic E-state index is 10.9. The molecule has 0 saturated carbocycles. The Morgan fingerprint density at radius 3 is 3.00 bits per heavy atom. The summed E-state index contributed by atoms with van der Waals surface area (Å²) < 4.78 is 0. The fraction of sp³-hybridized carbons (Fsp3) is 0.429. The number of hydrogen-bond acceptors (Lipinski definition) is 4. The number of nitro benzene ring substituents is 1. The summed E-state index contributed by atoms with van der Waals surface area (Å²) >= 11 is 0. The van der Waals surface area contributed by atoms with Gasteiger partial charge in [-0.3, -0.25) is 10.1 Å². The molecule has 1 aromatic rings. The molecule has 0 aromatic heterocycles. The minimum Gasteiger partial charge on any atom is -0.379 e. The summed E-state index contributed by atoms with van der Waals surface area (Å²) in [7, 11) is 0. The number of aryl methyl sites for hydroxylation is 1. The predicted molar refractivity (Wildman–Crippen MR) is 76.5 cm³/mol. The van der Waals surface area contributed by atoms with Gasteiger partial charge in [0.2, 0.25) is 0 Å². The minimum absolute atomic E-state index is 0.143. The van der Waals surface area contributed by atoms with Crippen molar-refractivity contribution in [3.05, 3.63) is 45.5 Å². The first kappa shape index (κ1) is 13.5. The van der Waals surface area contributed by atoms with E-state index in [9.17, 15) is 10.1 Å². The summed E-state index contributed by atoms with van der Waals surface area (Å²) in [6.07, 6.45) is 4.21. The van der Waals surface area contributed by atoms with Crippen LogP contribution in [-0.4, -0.2) is 24.6 Å². The van der Waals surface area contributed by atoms with Crippen LogP contribution in [0.25, 0.3) is 0 Å². The van der Waals surface area contributed by atoms with Crippen LogP contribution in [0.15, 0.2) is 29.8 Å². The third-order valence-electron chi connectivity index (χ3n) is 3.27. The van der Waals surface area contributed by atoms with Crippen LogP contribution in [0.4, 0.5) is 11.4 Å². The molecule has 1 aliphatic rings. The van der Waals surface area contributed by atoms with Crippen LogP contribution in [0.2, 0.25) is 0 Å². The summed E-state index contributed by atoms with van der Waals surface area (Å²) in [6.45, 7) is 4.62. The number of hydrogen-bond donors (Lipinski definition) is 2. The highest BCUT2D eigenvalue weighted by Crippen LogP contribution is 2.25. The van der Waals surface area contributed by atoms with Gasteiger partial charge in [0, 0.05) is 19.2 Å². The van der Waals surface area contributed by atoms with Crippen LogP contribution in [-0.2, 0) is 0 Å². The molecule has 1 heterocycles. The Morgan fingerprint density at radius 1 is 1.47 bits per heavy atom. The Balaban J connectivity index is 1.96. The lowest BCUT2D eigenvalue weighted by atomic mass is 10.1. The summed E-state index contributed by atoms with van der Waals surface area (Å²) in [4.78, 5) is 10.6. The third-order valence-corrected chi connectivity index (χ3v) is 3.27. The summed E-state index contributed by atoms with van der Waals surface area (Å²) in [6, 6.07) is 5.15. The van der Waals surface area contributed by atoms with E-state index < -0.39 is 0 Å². The summed E-state index contributed by atoms with van der Waals surface area (Å²) in [5.41, 5.74) is 3.19. The largest absolute Gasteiger partial charge is 0.379 e. The van der Waals surface area contributed by atoms with Crippen molar-refractivity contribution in [3.63, 3.8) is 0 Å². The van der Waals surface area contributed by atoms with Gasteiger partial charge in [0.05, 0.1) is 4.92 Å². The van der Waals surface area contributed by atoms with Crippen molar-refractivity contribution in [2.45, 2.75) is 19.8 Å². The maximum absolute atomic E-state index is 10.9. The molecule has 0 spiro atoms. The maximum Gasteiger partial charge on any atom is 0.292 e. The molecular weight excluding hydrogens is 242 g/mol. The fourth-order valence-corrected chi connectivity index (χ4v) is 2.21. The van der Waals surface area contributed by atoms with Gasteiger partial charge >= 0.3 is 0 Å². The van der Waals surface area contributed by atoms with Crippen molar-refractivity contribution >= 4 is 11.4 Å². The second-order valence-electron chi connectivity index (χ2n) is 4.77. The van der Waals surface area contributed by atoms with Crippen LogP contribution >= 0.6 is 0 Å². The van der Waals surface area contributed by atoms with Crippen molar-refractivity contribution in [1.29, 1.82) is 0 Å².